The Morgan fingerprint density at radius 2 is 1.93 bits per heavy atom. The molecule has 0 rings (SSSR count). The molecule has 0 heterocycles. The molecule has 0 fully saturated rings. The van der Waals surface area contributed by atoms with Gasteiger partial charge in [-0.15, -0.1) is 4.89 Å². The lowest BCUT2D eigenvalue weighted by Gasteiger charge is -2.19. The van der Waals surface area contributed by atoms with Crippen molar-refractivity contribution in [1.29, 1.82) is 0 Å². The molecule has 0 saturated carbocycles. The molecule has 0 radical (unpaired) electrons. The van der Waals surface area contributed by atoms with E-state index in [1.807, 2.05) is 0 Å². The molecule has 0 saturated heterocycles. The SMILES string of the molecule is O=[P+](O)O/C=C/[C@@H](O)[C@@H](O)[C@H](O)CCO. The molecule has 15 heavy (non-hydrogen) atoms. The fourth-order valence-corrected chi connectivity index (χ4v) is 0.987. The minimum Gasteiger partial charge on any atom is -0.396 e. The molecule has 4 atom stereocenters. The number of aliphatic hydroxyl groups excluding tert-OH is 4. The van der Waals surface area contributed by atoms with E-state index in [0.717, 1.165) is 12.3 Å². The van der Waals surface area contributed by atoms with E-state index in [1.165, 1.54) is 0 Å². The highest BCUT2D eigenvalue weighted by atomic mass is 31.1. The minimum atomic E-state index is -2.80. The van der Waals surface area contributed by atoms with Gasteiger partial charge in [-0.25, -0.2) is 4.52 Å². The summed E-state index contributed by atoms with van der Waals surface area (Å²) in [7, 11) is -2.80. The van der Waals surface area contributed by atoms with Gasteiger partial charge >= 0.3 is 8.25 Å². The van der Waals surface area contributed by atoms with Crippen molar-refractivity contribution in [3.05, 3.63) is 12.3 Å². The topological polar surface area (TPSA) is 127 Å². The summed E-state index contributed by atoms with van der Waals surface area (Å²) in [6, 6.07) is 0. The average Bonchev–Trinajstić information content (AvgIpc) is 2.16. The third-order valence-electron chi connectivity index (χ3n) is 1.60. The van der Waals surface area contributed by atoms with Crippen LogP contribution in [0.2, 0.25) is 0 Å². The van der Waals surface area contributed by atoms with Gasteiger partial charge in [-0.2, -0.15) is 0 Å². The van der Waals surface area contributed by atoms with E-state index >= 15 is 0 Å². The van der Waals surface area contributed by atoms with Gasteiger partial charge in [0.15, 0.2) is 6.26 Å². The summed E-state index contributed by atoms with van der Waals surface area (Å²) in [6.45, 7) is -0.326. The maximum Gasteiger partial charge on any atom is 0.746 e. The number of aliphatic hydroxyl groups is 4. The van der Waals surface area contributed by atoms with E-state index in [4.69, 9.17) is 15.1 Å². The van der Waals surface area contributed by atoms with Crippen LogP contribution in [-0.2, 0) is 9.09 Å². The van der Waals surface area contributed by atoms with Crippen molar-refractivity contribution in [2.75, 3.05) is 6.61 Å². The Morgan fingerprint density at radius 1 is 1.33 bits per heavy atom. The van der Waals surface area contributed by atoms with Gasteiger partial charge in [0, 0.05) is 11.2 Å². The molecule has 0 amide bonds. The van der Waals surface area contributed by atoms with Gasteiger partial charge < -0.3 is 20.4 Å². The molecule has 0 aromatic rings. The molecule has 0 aliphatic rings. The van der Waals surface area contributed by atoms with Gasteiger partial charge in [-0.3, -0.25) is 0 Å². The van der Waals surface area contributed by atoms with Gasteiger partial charge in [0.2, 0.25) is 0 Å². The average molecular weight is 241 g/mol. The molecule has 0 aliphatic carbocycles. The van der Waals surface area contributed by atoms with Crippen molar-refractivity contribution in [2.45, 2.75) is 24.7 Å². The lowest BCUT2D eigenvalue weighted by molar-refractivity contribution is -0.0491. The van der Waals surface area contributed by atoms with Gasteiger partial charge in [-0.1, -0.05) is 0 Å². The van der Waals surface area contributed by atoms with Crippen molar-refractivity contribution in [3.8, 4) is 0 Å². The third-order valence-corrected chi connectivity index (χ3v) is 1.90. The Balaban J connectivity index is 4.02. The summed E-state index contributed by atoms with van der Waals surface area (Å²) in [5.41, 5.74) is 0. The smallest absolute Gasteiger partial charge is 0.396 e. The van der Waals surface area contributed by atoms with E-state index in [9.17, 15) is 14.8 Å². The molecule has 1 unspecified atom stereocenters. The summed E-state index contributed by atoms with van der Waals surface area (Å²) < 4.78 is 14.1. The molecular weight excluding hydrogens is 227 g/mol. The first-order valence-corrected chi connectivity index (χ1v) is 5.26. The standard InChI is InChI=1S/C7H13O7P/c8-3-1-5(9)7(11)6(10)2-4-14-15(12)13/h2,4-11H,1,3H2/p+1/b4-2+/t5-,6-,7+/m1/s1. The molecule has 0 aromatic heterocycles. The van der Waals surface area contributed by atoms with Crippen LogP contribution in [0.1, 0.15) is 6.42 Å². The molecule has 88 valence electrons. The van der Waals surface area contributed by atoms with E-state index in [-0.39, 0.29) is 13.0 Å². The van der Waals surface area contributed by atoms with Gasteiger partial charge in [0.1, 0.15) is 12.2 Å². The monoisotopic (exact) mass is 241 g/mol. The minimum absolute atomic E-state index is 0.0822. The van der Waals surface area contributed by atoms with E-state index < -0.39 is 26.6 Å². The fourth-order valence-electron chi connectivity index (χ4n) is 0.812. The van der Waals surface area contributed by atoms with Crippen molar-refractivity contribution in [2.24, 2.45) is 0 Å². The van der Waals surface area contributed by atoms with Crippen LogP contribution in [0.3, 0.4) is 0 Å². The zero-order valence-electron chi connectivity index (χ0n) is 7.80. The summed E-state index contributed by atoms with van der Waals surface area (Å²) in [6.07, 6.45) is -2.64. The Morgan fingerprint density at radius 3 is 2.40 bits per heavy atom. The second kappa shape index (κ2) is 7.70. The van der Waals surface area contributed by atoms with Crippen LogP contribution in [0.15, 0.2) is 12.3 Å². The third kappa shape index (κ3) is 6.51. The second-order valence-corrected chi connectivity index (χ2v) is 3.42. The van der Waals surface area contributed by atoms with Crippen LogP contribution in [-0.4, -0.2) is 50.2 Å². The lowest BCUT2D eigenvalue weighted by atomic mass is 10.1. The molecule has 8 heteroatoms. The molecule has 5 N–H and O–H groups in total. The van der Waals surface area contributed by atoms with E-state index in [1.54, 1.807) is 0 Å². The first-order chi connectivity index (χ1) is 6.99. The van der Waals surface area contributed by atoms with Crippen LogP contribution in [0.25, 0.3) is 0 Å². The first-order valence-electron chi connectivity index (χ1n) is 4.13. The zero-order chi connectivity index (χ0) is 11.8. The van der Waals surface area contributed by atoms with Crippen molar-refractivity contribution in [1.82, 2.24) is 0 Å². The predicted molar refractivity (Wildman–Crippen MR) is 49.8 cm³/mol. The Kier molecular flexibility index (Phi) is 7.41. The van der Waals surface area contributed by atoms with E-state index in [0.29, 0.717) is 0 Å². The molecule has 0 spiro atoms. The Labute approximate surface area is 87.2 Å². The first kappa shape index (κ1) is 14.4. The molecule has 0 aromatic carbocycles. The lowest BCUT2D eigenvalue weighted by Crippen LogP contribution is -2.36. The molecule has 0 bridgehead atoms. The predicted octanol–water partition coefficient (Wildman–Crippen LogP) is -1.37. The summed E-state index contributed by atoms with van der Waals surface area (Å²) in [4.78, 5) is 8.21. The fraction of sp³-hybridized carbons (Fsp3) is 0.714. The van der Waals surface area contributed by atoms with Crippen molar-refractivity contribution >= 4 is 8.25 Å². The Hall–Kier alpha value is -0.560. The molecular formula is C7H14O7P+. The highest BCUT2D eigenvalue weighted by molar-refractivity contribution is 7.32. The van der Waals surface area contributed by atoms with Crippen LogP contribution in [0.4, 0.5) is 0 Å². The second-order valence-electron chi connectivity index (χ2n) is 2.73. The van der Waals surface area contributed by atoms with Crippen LogP contribution < -0.4 is 0 Å². The van der Waals surface area contributed by atoms with E-state index in [2.05, 4.69) is 4.52 Å². The normalized spacial score (nSPS) is 18.6. The highest BCUT2D eigenvalue weighted by Gasteiger charge is 2.22. The number of hydrogen-bond donors (Lipinski definition) is 5. The molecule has 0 aliphatic heterocycles. The van der Waals surface area contributed by atoms with Crippen molar-refractivity contribution < 1.29 is 34.4 Å². The van der Waals surface area contributed by atoms with Crippen LogP contribution >= 0.6 is 8.25 Å². The molecule has 7 nitrogen and oxygen atoms in total. The van der Waals surface area contributed by atoms with Gasteiger partial charge in [0.25, 0.3) is 0 Å². The quantitative estimate of drug-likeness (QED) is 0.275. The largest absolute Gasteiger partial charge is 0.746 e. The van der Waals surface area contributed by atoms with Crippen LogP contribution in [0, 0.1) is 0 Å². The van der Waals surface area contributed by atoms with Gasteiger partial charge in [-0.05, 0) is 12.5 Å². The number of hydrogen-bond acceptors (Lipinski definition) is 6. The Bertz CT molecular complexity index is 219. The highest BCUT2D eigenvalue weighted by Crippen LogP contribution is 2.15. The number of rotatable bonds is 7. The van der Waals surface area contributed by atoms with Crippen LogP contribution in [0.5, 0.6) is 0 Å². The zero-order valence-corrected chi connectivity index (χ0v) is 8.70. The van der Waals surface area contributed by atoms with Gasteiger partial charge in [0.05, 0.1) is 6.10 Å². The maximum absolute atomic E-state index is 10.0. The maximum atomic E-state index is 10.0. The summed E-state index contributed by atoms with van der Waals surface area (Å²) >= 11 is 0. The van der Waals surface area contributed by atoms with Crippen molar-refractivity contribution in [3.63, 3.8) is 0 Å². The summed E-state index contributed by atoms with van der Waals surface area (Å²) in [5, 5.41) is 36.0. The summed E-state index contributed by atoms with van der Waals surface area (Å²) in [5.74, 6) is 0.